The second-order valence-corrected chi connectivity index (χ2v) is 5.95. The van der Waals surface area contributed by atoms with Crippen LogP contribution in [0.4, 0.5) is 5.69 Å². The van der Waals surface area contributed by atoms with Gasteiger partial charge >= 0.3 is 5.97 Å². The number of carboxylic acid groups (broad SMARTS) is 1. The first-order valence-corrected chi connectivity index (χ1v) is 6.84. The highest BCUT2D eigenvalue weighted by Gasteiger charge is 2.51. The Morgan fingerprint density at radius 3 is 2.38 bits per heavy atom. The standard InChI is InChI=1S/C15H20N2O4/c1-14(21,8-12(18)19)9-17-13(20)15(6-7-15)10-2-4-11(16)5-3-10/h2-5,21H,6-9,16H2,1H3,(H,17,20)(H,18,19). The average Bonchev–Trinajstić information content (AvgIpc) is 3.17. The predicted molar refractivity (Wildman–Crippen MR) is 77.7 cm³/mol. The molecule has 114 valence electrons. The van der Waals surface area contributed by atoms with Crippen LogP contribution in [0.5, 0.6) is 0 Å². The first-order chi connectivity index (χ1) is 9.75. The molecule has 1 atom stereocenters. The fourth-order valence-corrected chi connectivity index (χ4v) is 2.40. The summed E-state index contributed by atoms with van der Waals surface area (Å²) in [5, 5.41) is 21.3. The number of rotatable bonds is 6. The zero-order chi connectivity index (χ0) is 15.7. The molecule has 0 saturated heterocycles. The van der Waals surface area contributed by atoms with Gasteiger partial charge in [-0.1, -0.05) is 12.1 Å². The Kier molecular flexibility index (Phi) is 3.91. The minimum absolute atomic E-state index is 0.0884. The number of aliphatic hydroxyl groups is 1. The lowest BCUT2D eigenvalue weighted by Gasteiger charge is -2.23. The van der Waals surface area contributed by atoms with Gasteiger partial charge in [0.1, 0.15) is 0 Å². The number of nitrogens with two attached hydrogens (primary N) is 1. The number of hydrogen-bond acceptors (Lipinski definition) is 4. The number of carboxylic acids is 1. The Morgan fingerprint density at radius 2 is 1.90 bits per heavy atom. The van der Waals surface area contributed by atoms with Crippen molar-refractivity contribution in [2.45, 2.75) is 37.2 Å². The number of aliphatic carboxylic acids is 1. The molecule has 0 heterocycles. The van der Waals surface area contributed by atoms with Gasteiger partial charge in [0.05, 0.1) is 17.4 Å². The third kappa shape index (κ3) is 3.52. The minimum atomic E-state index is -1.46. The smallest absolute Gasteiger partial charge is 0.306 e. The van der Waals surface area contributed by atoms with Crippen LogP contribution in [0.3, 0.4) is 0 Å². The summed E-state index contributed by atoms with van der Waals surface area (Å²) >= 11 is 0. The second-order valence-electron chi connectivity index (χ2n) is 5.95. The van der Waals surface area contributed by atoms with E-state index in [9.17, 15) is 14.7 Å². The fourth-order valence-electron chi connectivity index (χ4n) is 2.40. The summed E-state index contributed by atoms with van der Waals surface area (Å²) in [5.41, 5.74) is 5.15. The Hall–Kier alpha value is -2.08. The molecular weight excluding hydrogens is 272 g/mol. The van der Waals surface area contributed by atoms with E-state index in [2.05, 4.69) is 5.32 Å². The number of amides is 1. The number of nitrogens with one attached hydrogen (secondary N) is 1. The van der Waals surface area contributed by atoms with Gasteiger partial charge in [-0.25, -0.2) is 0 Å². The molecule has 1 aromatic carbocycles. The number of hydrogen-bond donors (Lipinski definition) is 4. The van der Waals surface area contributed by atoms with Crippen molar-refractivity contribution in [2.24, 2.45) is 0 Å². The van der Waals surface area contributed by atoms with Crippen molar-refractivity contribution in [1.29, 1.82) is 0 Å². The molecule has 0 radical (unpaired) electrons. The molecule has 6 nitrogen and oxygen atoms in total. The zero-order valence-corrected chi connectivity index (χ0v) is 11.9. The normalized spacial score (nSPS) is 18.6. The molecule has 1 unspecified atom stereocenters. The summed E-state index contributed by atoms with van der Waals surface area (Å²) in [7, 11) is 0. The van der Waals surface area contributed by atoms with E-state index in [1.807, 2.05) is 12.1 Å². The number of nitrogen functional groups attached to an aromatic ring is 1. The van der Waals surface area contributed by atoms with Crippen LogP contribution in [0.1, 0.15) is 31.7 Å². The molecule has 0 bridgehead atoms. The van der Waals surface area contributed by atoms with Crippen molar-refractivity contribution in [2.75, 3.05) is 12.3 Å². The van der Waals surface area contributed by atoms with E-state index in [1.165, 1.54) is 6.92 Å². The maximum Gasteiger partial charge on any atom is 0.306 e. The van der Waals surface area contributed by atoms with Gasteiger partial charge in [-0.2, -0.15) is 0 Å². The second kappa shape index (κ2) is 5.37. The third-order valence-electron chi connectivity index (χ3n) is 3.81. The molecular formula is C15H20N2O4. The van der Waals surface area contributed by atoms with Gasteiger partial charge in [0.25, 0.3) is 0 Å². The predicted octanol–water partition coefficient (Wildman–Crippen LogP) is 0.642. The summed E-state index contributed by atoms with van der Waals surface area (Å²) in [4.78, 5) is 23.0. The zero-order valence-electron chi connectivity index (χ0n) is 11.9. The Labute approximate surface area is 123 Å². The van der Waals surface area contributed by atoms with Crippen LogP contribution in [-0.2, 0) is 15.0 Å². The highest BCUT2D eigenvalue weighted by Crippen LogP contribution is 2.48. The fraction of sp³-hybridized carbons (Fsp3) is 0.467. The summed E-state index contributed by atoms with van der Waals surface area (Å²) in [6.07, 6.45) is 1.07. The van der Waals surface area contributed by atoms with Gasteiger partial charge in [-0.15, -0.1) is 0 Å². The molecule has 1 amide bonds. The molecule has 0 spiro atoms. The van der Waals surface area contributed by atoms with Crippen molar-refractivity contribution in [1.82, 2.24) is 5.32 Å². The summed E-state index contributed by atoms with van der Waals surface area (Å²) in [6, 6.07) is 7.17. The molecule has 1 saturated carbocycles. The lowest BCUT2D eigenvalue weighted by molar-refractivity contribution is -0.142. The summed E-state index contributed by atoms with van der Waals surface area (Å²) in [6.45, 7) is 1.30. The number of benzene rings is 1. The van der Waals surface area contributed by atoms with Gasteiger partial charge in [0.2, 0.25) is 5.91 Å². The number of anilines is 1. The van der Waals surface area contributed by atoms with Crippen molar-refractivity contribution in [3.05, 3.63) is 29.8 Å². The average molecular weight is 292 g/mol. The highest BCUT2D eigenvalue weighted by molar-refractivity contribution is 5.91. The lowest BCUT2D eigenvalue weighted by Crippen LogP contribution is -2.45. The van der Waals surface area contributed by atoms with Crippen molar-refractivity contribution >= 4 is 17.6 Å². The van der Waals surface area contributed by atoms with Crippen LogP contribution >= 0.6 is 0 Å². The highest BCUT2D eigenvalue weighted by atomic mass is 16.4. The van der Waals surface area contributed by atoms with Crippen LogP contribution < -0.4 is 11.1 Å². The van der Waals surface area contributed by atoms with Crippen LogP contribution in [0, 0.1) is 0 Å². The molecule has 1 aromatic rings. The molecule has 21 heavy (non-hydrogen) atoms. The van der Waals surface area contributed by atoms with Gasteiger partial charge < -0.3 is 21.3 Å². The van der Waals surface area contributed by atoms with Gasteiger partial charge in [0.15, 0.2) is 0 Å². The van der Waals surface area contributed by atoms with E-state index in [4.69, 9.17) is 10.8 Å². The van der Waals surface area contributed by atoms with E-state index in [-0.39, 0.29) is 12.5 Å². The van der Waals surface area contributed by atoms with E-state index in [0.717, 1.165) is 18.4 Å². The quantitative estimate of drug-likeness (QED) is 0.575. The molecule has 1 fully saturated rings. The molecule has 0 aromatic heterocycles. The molecule has 1 aliphatic rings. The lowest BCUT2D eigenvalue weighted by atomic mass is 9.94. The molecule has 2 rings (SSSR count). The Balaban J connectivity index is 2.00. The summed E-state index contributed by atoms with van der Waals surface area (Å²) < 4.78 is 0. The first-order valence-electron chi connectivity index (χ1n) is 6.84. The van der Waals surface area contributed by atoms with E-state index in [1.54, 1.807) is 12.1 Å². The maximum absolute atomic E-state index is 12.3. The SMILES string of the molecule is CC(O)(CNC(=O)C1(c2ccc(N)cc2)CC1)CC(=O)O. The molecule has 6 heteroatoms. The van der Waals surface area contributed by atoms with E-state index >= 15 is 0 Å². The van der Waals surface area contributed by atoms with Gasteiger partial charge in [-0.05, 0) is 37.5 Å². The topological polar surface area (TPSA) is 113 Å². The van der Waals surface area contributed by atoms with Crippen molar-refractivity contribution in [3.63, 3.8) is 0 Å². The van der Waals surface area contributed by atoms with Gasteiger partial charge in [0, 0.05) is 12.2 Å². The molecule has 1 aliphatic carbocycles. The van der Waals surface area contributed by atoms with Gasteiger partial charge in [-0.3, -0.25) is 9.59 Å². The van der Waals surface area contributed by atoms with Crippen molar-refractivity contribution in [3.8, 4) is 0 Å². The van der Waals surface area contributed by atoms with Crippen LogP contribution in [0.15, 0.2) is 24.3 Å². The van der Waals surface area contributed by atoms with Crippen molar-refractivity contribution < 1.29 is 19.8 Å². The van der Waals surface area contributed by atoms with E-state index in [0.29, 0.717) is 5.69 Å². The largest absolute Gasteiger partial charge is 0.481 e. The monoisotopic (exact) mass is 292 g/mol. The summed E-state index contributed by atoms with van der Waals surface area (Å²) in [5.74, 6) is -1.29. The minimum Gasteiger partial charge on any atom is -0.481 e. The molecule has 0 aliphatic heterocycles. The first kappa shape index (κ1) is 15.3. The number of carbonyl (C=O) groups excluding carboxylic acids is 1. The van der Waals surface area contributed by atoms with Crippen LogP contribution in [0.2, 0.25) is 0 Å². The number of carbonyl (C=O) groups is 2. The third-order valence-corrected chi connectivity index (χ3v) is 3.81. The van der Waals surface area contributed by atoms with Crippen LogP contribution in [0.25, 0.3) is 0 Å². The Morgan fingerprint density at radius 1 is 1.33 bits per heavy atom. The van der Waals surface area contributed by atoms with E-state index < -0.39 is 23.4 Å². The molecule has 5 N–H and O–H groups in total. The van der Waals surface area contributed by atoms with Crippen LogP contribution in [-0.4, -0.2) is 34.2 Å². The maximum atomic E-state index is 12.3. The Bertz CT molecular complexity index is 547.